The molecule has 3 aromatic rings. The van der Waals surface area contributed by atoms with Crippen molar-refractivity contribution in [2.75, 3.05) is 6.61 Å². The van der Waals surface area contributed by atoms with E-state index >= 15 is 0 Å². The lowest BCUT2D eigenvalue weighted by Crippen LogP contribution is -2.45. The molecule has 0 aliphatic carbocycles. The third kappa shape index (κ3) is 4.49. The van der Waals surface area contributed by atoms with Crippen molar-refractivity contribution < 1.29 is 13.9 Å². The van der Waals surface area contributed by atoms with Gasteiger partial charge in [-0.3, -0.25) is 4.79 Å². The van der Waals surface area contributed by atoms with Gasteiger partial charge in [0.05, 0.1) is 28.7 Å². The van der Waals surface area contributed by atoms with Gasteiger partial charge in [-0.1, -0.05) is 0 Å². The number of aryl methyl sites for hydroxylation is 1. The highest BCUT2D eigenvalue weighted by Gasteiger charge is 2.30. The molecular weight excluding hydrogens is 397 g/mol. The normalized spacial score (nSPS) is 18.0. The summed E-state index contributed by atoms with van der Waals surface area (Å²) in [4.78, 5) is 21.9. The zero-order valence-electron chi connectivity index (χ0n) is 18.1. The van der Waals surface area contributed by atoms with E-state index < -0.39 is 0 Å². The number of ether oxygens (including phenoxy) is 1. The van der Waals surface area contributed by atoms with Gasteiger partial charge in [0, 0.05) is 24.4 Å². The predicted molar refractivity (Wildman–Crippen MR) is 115 cm³/mol. The molecule has 1 fully saturated rings. The minimum absolute atomic E-state index is 0.0553. The van der Waals surface area contributed by atoms with Crippen LogP contribution in [-0.2, 0) is 4.74 Å². The highest BCUT2D eigenvalue weighted by Crippen LogP contribution is 2.25. The van der Waals surface area contributed by atoms with Crippen LogP contribution in [0.4, 0.5) is 4.39 Å². The number of hydrogen-bond donors (Lipinski definition) is 1. The molecule has 0 spiro atoms. The van der Waals surface area contributed by atoms with Crippen molar-refractivity contribution in [3.63, 3.8) is 0 Å². The molecule has 0 saturated carbocycles. The topological polar surface area (TPSA) is 81.9 Å². The summed E-state index contributed by atoms with van der Waals surface area (Å²) < 4.78 is 20.6. The first-order valence-electron chi connectivity index (χ1n) is 10.3. The largest absolute Gasteiger partial charge is 0.375 e. The number of carbonyl (C=O) groups is 1. The quantitative estimate of drug-likeness (QED) is 0.691. The van der Waals surface area contributed by atoms with Crippen LogP contribution in [0.25, 0.3) is 17.2 Å². The van der Waals surface area contributed by atoms with E-state index in [9.17, 15) is 9.18 Å². The number of nitrogens with zero attached hydrogens (tertiary/aromatic N) is 4. The smallest absolute Gasteiger partial charge is 0.254 e. The fraction of sp³-hybridized carbons (Fsp3) is 0.391. The van der Waals surface area contributed by atoms with Crippen LogP contribution in [0.1, 0.15) is 48.3 Å². The highest BCUT2D eigenvalue weighted by molar-refractivity contribution is 5.95. The maximum absolute atomic E-state index is 13.3. The molecule has 0 bridgehead atoms. The molecule has 1 unspecified atom stereocenters. The molecule has 31 heavy (non-hydrogen) atoms. The Morgan fingerprint density at radius 1 is 1.23 bits per heavy atom. The lowest BCUT2D eigenvalue weighted by atomic mass is 9.94. The number of nitrogens with one attached hydrogen (secondary N) is 1. The minimum atomic E-state index is -0.304. The maximum atomic E-state index is 13.3. The monoisotopic (exact) mass is 423 g/mol. The summed E-state index contributed by atoms with van der Waals surface area (Å²) in [7, 11) is 0. The van der Waals surface area contributed by atoms with Gasteiger partial charge < -0.3 is 10.1 Å². The van der Waals surface area contributed by atoms with Crippen molar-refractivity contribution in [3.05, 3.63) is 59.3 Å². The SMILES string of the molecule is Cc1cnc(-n2ncc(C(=O)NC3CCOC(C)(C)C3)c2C)nc1-c1ccc(F)cc1. The Morgan fingerprint density at radius 2 is 1.97 bits per heavy atom. The molecule has 1 aliphatic heterocycles. The lowest BCUT2D eigenvalue weighted by molar-refractivity contribution is -0.0615. The molecule has 2 aromatic heterocycles. The summed E-state index contributed by atoms with van der Waals surface area (Å²) in [6, 6.07) is 6.21. The maximum Gasteiger partial charge on any atom is 0.254 e. The van der Waals surface area contributed by atoms with E-state index in [1.165, 1.54) is 18.3 Å². The molecule has 1 saturated heterocycles. The van der Waals surface area contributed by atoms with E-state index in [0.717, 1.165) is 24.0 Å². The van der Waals surface area contributed by atoms with Gasteiger partial charge in [0.1, 0.15) is 5.82 Å². The van der Waals surface area contributed by atoms with E-state index in [1.54, 1.807) is 23.0 Å². The van der Waals surface area contributed by atoms with Crippen molar-refractivity contribution in [1.82, 2.24) is 25.1 Å². The van der Waals surface area contributed by atoms with E-state index in [1.807, 2.05) is 27.7 Å². The molecule has 1 amide bonds. The first-order valence-corrected chi connectivity index (χ1v) is 10.3. The van der Waals surface area contributed by atoms with Crippen LogP contribution < -0.4 is 5.32 Å². The molecule has 3 heterocycles. The van der Waals surface area contributed by atoms with Gasteiger partial charge in [0.2, 0.25) is 0 Å². The van der Waals surface area contributed by atoms with Crippen molar-refractivity contribution >= 4 is 5.91 Å². The number of aromatic nitrogens is 4. The molecule has 7 nitrogen and oxygen atoms in total. The molecule has 1 aliphatic rings. The van der Waals surface area contributed by atoms with E-state index in [0.29, 0.717) is 29.5 Å². The van der Waals surface area contributed by atoms with Crippen molar-refractivity contribution in [2.45, 2.75) is 52.2 Å². The number of rotatable bonds is 4. The van der Waals surface area contributed by atoms with Crippen LogP contribution in [0, 0.1) is 19.7 Å². The number of halogens is 1. The fourth-order valence-corrected chi connectivity index (χ4v) is 3.89. The van der Waals surface area contributed by atoms with Crippen LogP contribution in [0.3, 0.4) is 0 Å². The van der Waals surface area contributed by atoms with Gasteiger partial charge in [-0.15, -0.1) is 0 Å². The van der Waals surface area contributed by atoms with Gasteiger partial charge >= 0.3 is 0 Å². The second-order valence-electron chi connectivity index (χ2n) is 8.54. The Labute approximate surface area is 180 Å². The average molecular weight is 423 g/mol. The van der Waals surface area contributed by atoms with Gasteiger partial charge in [-0.2, -0.15) is 5.10 Å². The standard InChI is InChI=1S/C23H26FN5O2/c1-14-12-25-22(28-20(14)16-5-7-17(24)8-6-16)29-15(2)19(13-26-29)21(30)27-18-9-10-31-23(3,4)11-18/h5-8,12-13,18H,9-11H2,1-4H3,(H,27,30). The number of hydrogen-bond acceptors (Lipinski definition) is 5. The number of amides is 1. The summed E-state index contributed by atoms with van der Waals surface area (Å²) in [5.74, 6) is -0.117. The third-order valence-corrected chi connectivity index (χ3v) is 5.55. The molecule has 1 aromatic carbocycles. The highest BCUT2D eigenvalue weighted by atomic mass is 19.1. The van der Waals surface area contributed by atoms with Gasteiger partial charge in [0.15, 0.2) is 0 Å². The fourth-order valence-electron chi connectivity index (χ4n) is 3.89. The molecule has 8 heteroatoms. The average Bonchev–Trinajstić information content (AvgIpc) is 3.10. The Hall–Kier alpha value is -3.13. The molecule has 162 valence electrons. The van der Waals surface area contributed by atoms with Gasteiger partial charge in [0.25, 0.3) is 11.9 Å². The second kappa shape index (κ2) is 8.19. The Morgan fingerprint density at radius 3 is 2.68 bits per heavy atom. The summed E-state index contributed by atoms with van der Waals surface area (Å²) >= 11 is 0. The third-order valence-electron chi connectivity index (χ3n) is 5.55. The Bertz CT molecular complexity index is 1110. The molecular formula is C23H26FN5O2. The summed E-state index contributed by atoms with van der Waals surface area (Å²) in [6.45, 7) is 8.40. The van der Waals surface area contributed by atoms with E-state index in [4.69, 9.17) is 4.74 Å². The summed E-state index contributed by atoms with van der Waals surface area (Å²) in [5, 5.41) is 7.45. The molecule has 4 rings (SSSR count). The zero-order valence-corrected chi connectivity index (χ0v) is 18.1. The van der Waals surface area contributed by atoms with Crippen LogP contribution in [-0.4, -0.2) is 43.9 Å². The Kier molecular flexibility index (Phi) is 5.58. The number of carbonyl (C=O) groups excluding carboxylic acids is 1. The molecule has 0 radical (unpaired) electrons. The van der Waals surface area contributed by atoms with Crippen molar-refractivity contribution in [1.29, 1.82) is 0 Å². The van der Waals surface area contributed by atoms with E-state index in [-0.39, 0.29) is 23.4 Å². The molecule has 1 atom stereocenters. The minimum Gasteiger partial charge on any atom is -0.375 e. The van der Waals surface area contributed by atoms with Crippen LogP contribution >= 0.6 is 0 Å². The first kappa shape index (κ1) is 21.1. The molecule has 1 N–H and O–H groups in total. The predicted octanol–water partition coefficient (Wildman–Crippen LogP) is 3.77. The lowest BCUT2D eigenvalue weighted by Gasteiger charge is -2.35. The van der Waals surface area contributed by atoms with Crippen molar-refractivity contribution in [3.8, 4) is 17.2 Å². The van der Waals surface area contributed by atoms with Crippen molar-refractivity contribution in [2.24, 2.45) is 0 Å². The van der Waals surface area contributed by atoms with E-state index in [2.05, 4.69) is 20.4 Å². The van der Waals surface area contributed by atoms with Crippen LogP contribution in [0.5, 0.6) is 0 Å². The van der Waals surface area contributed by atoms with Gasteiger partial charge in [-0.25, -0.2) is 19.0 Å². The zero-order chi connectivity index (χ0) is 22.2. The Balaban J connectivity index is 1.59. The van der Waals surface area contributed by atoms with Crippen LogP contribution in [0.2, 0.25) is 0 Å². The summed E-state index contributed by atoms with van der Waals surface area (Å²) in [5.41, 5.74) is 3.22. The van der Waals surface area contributed by atoms with Crippen LogP contribution in [0.15, 0.2) is 36.7 Å². The number of benzene rings is 1. The first-order chi connectivity index (χ1) is 14.7. The second-order valence-corrected chi connectivity index (χ2v) is 8.54. The van der Waals surface area contributed by atoms with Gasteiger partial charge in [-0.05, 0) is 70.4 Å². The summed E-state index contributed by atoms with van der Waals surface area (Å²) in [6.07, 6.45) is 4.78.